The Balaban J connectivity index is 2.23. The fourth-order valence-corrected chi connectivity index (χ4v) is 1.75. The maximum absolute atomic E-state index is 10.8. The molecule has 6 heteroatoms. The Hall–Kier alpha value is -0.170. The second-order valence-corrected chi connectivity index (χ2v) is 5.72. The van der Waals surface area contributed by atoms with E-state index in [2.05, 4.69) is 0 Å². The molecule has 0 bridgehead atoms. The molecule has 0 aromatic rings. The zero-order valence-corrected chi connectivity index (χ0v) is 9.13. The van der Waals surface area contributed by atoms with E-state index < -0.39 is 9.84 Å². The maximum Gasteiger partial charge on any atom is 0.171 e. The lowest BCUT2D eigenvalue weighted by Crippen LogP contribution is -2.43. The van der Waals surface area contributed by atoms with Crippen molar-refractivity contribution in [3.8, 4) is 0 Å². The Morgan fingerprint density at radius 3 is 2.86 bits per heavy atom. The maximum atomic E-state index is 10.8. The fourth-order valence-electron chi connectivity index (χ4n) is 1.35. The van der Waals surface area contributed by atoms with Crippen LogP contribution in [0.15, 0.2) is 0 Å². The van der Waals surface area contributed by atoms with Crippen LogP contribution >= 0.6 is 0 Å². The van der Waals surface area contributed by atoms with E-state index in [1.807, 2.05) is 0 Å². The average molecular weight is 223 g/mol. The molecule has 1 aliphatic rings. The molecule has 84 valence electrons. The van der Waals surface area contributed by atoms with Crippen LogP contribution in [0.4, 0.5) is 0 Å². The minimum atomic E-state index is -3.06. The molecule has 1 aliphatic heterocycles. The molecule has 1 saturated heterocycles. The molecule has 14 heavy (non-hydrogen) atoms. The van der Waals surface area contributed by atoms with Crippen LogP contribution in [0, 0.1) is 0 Å². The number of ether oxygens (including phenoxy) is 2. The van der Waals surface area contributed by atoms with Crippen LogP contribution in [0.5, 0.6) is 0 Å². The van der Waals surface area contributed by atoms with E-state index in [1.165, 1.54) is 0 Å². The summed E-state index contributed by atoms with van der Waals surface area (Å²) in [5, 5.41) is 0. The number of rotatable bonds is 4. The summed E-state index contributed by atoms with van der Waals surface area (Å²) in [4.78, 5) is 0. The second-order valence-electron chi connectivity index (χ2n) is 3.63. The van der Waals surface area contributed by atoms with Gasteiger partial charge in [-0.1, -0.05) is 0 Å². The third-order valence-electron chi connectivity index (χ3n) is 2.07. The van der Waals surface area contributed by atoms with Crippen molar-refractivity contribution in [3.63, 3.8) is 0 Å². The van der Waals surface area contributed by atoms with Gasteiger partial charge in [-0.3, -0.25) is 0 Å². The molecule has 1 fully saturated rings. The van der Waals surface area contributed by atoms with Crippen molar-refractivity contribution in [1.82, 2.24) is 0 Å². The van der Waals surface area contributed by atoms with Gasteiger partial charge in [-0.15, -0.1) is 0 Å². The molecule has 1 heterocycles. The molecular formula is C8H17NO4S. The molecular weight excluding hydrogens is 206 g/mol. The van der Waals surface area contributed by atoms with E-state index >= 15 is 0 Å². The number of sulfone groups is 1. The van der Waals surface area contributed by atoms with E-state index in [4.69, 9.17) is 15.2 Å². The van der Waals surface area contributed by atoms with Gasteiger partial charge in [-0.05, 0) is 12.8 Å². The van der Waals surface area contributed by atoms with E-state index in [0.717, 1.165) is 19.1 Å². The summed E-state index contributed by atoms with van der Waals surface area (Å²) in [6.07, 6.45) is 2.84. The Bertz CT molecular complexity index is 265. The highest BCUT2D eigenvalue weighted by atomic mass is 32.2. The lowest BCUT2D eigenvalue weighted by atomic mass is 10.0. The van der Waals surface area contributed by atoms with Crippen molar-refractivity contribution in [2.45, 2.75) is 25.0 Å². The Morgan fingerprint density at radius 1 is 1.57 bits per heavy atom. The summed E-state index contributed by atoms with van der Waals surface area (Å²) in [5.74, 6) is -0.264. The van der Waals surface area contributed by atoms with Crippen molar-refractivity contribution >= 4 is 9.84 Å². The summed E-state index contributed by atoms with van der Waals surface area (Å²) in [5.41, 5.74) is 5.77. The lowest BCUT2D eigenvalue weighted by molar-refractivity contribution is -0.0437. The van der Waals surface area contributed by atoms with Gasteiger partial charge in [-0.2, -0.15) is 0 Å². The molecule has 0 aromatic heterocycles. The molecule has 0 aliphatic carbocycles. The molecule has 0 spiro atoms. The third-order valence-corrected chi connectivity index (χ3v) is 2.67. The standard InChI is InChI=1S/C8H17NO4S/c1-14(10,11)6-12-5-8-7(9)3-2-4-13-8/h7-8H,2-6,9H2,1H3. The van der Waals surface area contributed by atoms with Crippen molar-refractivity contribution in [2.75, 3.05) is 25.4 Å². The van der Waals surface area contributed by atoms with Gasteiger partial charge in [0.05, 0.1) is 12.7 Å². The summed E-state index contributed by atoms with van der Waals surface area (Å²) in [7, 11) is -3.06. The van der Waals surface area contributed by atoms with Gasteiger partial charge in [0.15, 0.2) is 9.84 Å². The van der Waals surface area contributed by atoms with Crippen LogP contribution in [0.25, 0.3) is 0 Å². The minimum absolute atomic E-state index is 0.0386. The summed E-state index contributed by atoms with van der Waals surface area (Å²) in [6, 6.07) is -0.0386. The first-order chi connectivity index (χ1) is 6.49. The third kappa shape index (κ3) is 4.36. The molecule has 0 radical (unpaired) electrons. The molecule has 0 amide bonds. The van der Waals surface area contributed by atoms with Gasteiger partial charge in [-0.25, -0.2) is 8.42 Å². The predicted molar refractivity (Wildman–Crippen MR) is 52.6 cm³/mol. The monoisotopic (exact) mass is 223 g/mol. The van der Waals surface area contributed by atoms with E-state index in [1.54, 1.807) is 0 Å². The average Bonchev–Trinajstić information content (AvgIpc) is 2.06. The first-order valence-corrected chi connectivity index (χ1v) is 6.68. The van der Waals surface area contributed by atoms with Crippen LogP contribution in [0.2, 0.25) is 0 Å². The van der Waals surface area contributed by atoms with E-state index in [9.17, 15) is 8.42 Å². The summed E-state index contributed by atoms with van der Waals surface area (Å²) >= 11 is 0. The first-order valence-electron chi connectivity index (χ1n) is 4.62. The molecule has 2 atom stereocenters. The fraction of sp³-hybridized carbons (Fsp3) is 1.00. The molecule has 0 saturated carbocycles. The van der Waals surface area contributed by atoms with E-state index in [0.29, 0.717) is 6.61 Å². The molecule has 2 N–H and O–H groups in total. The second kappa shape index (κ2) is 5.06. The lowest BCUT2D eigenvalue weighted by Gasteiger charge is -2.28. The summed E-state index contributed by atoms with van der Waals surface area (Å²) < 4.78 is 31.9. The van der Waals surface area contributed by atoms with Gasteiger partial charge >= 0.3 is 0 Å². The highest BCUT2D eigenvalue weighted by Crippen LogP contribution is 2.12. The van der Waals surface area contributed by atoms with Gasteiger partial charge in [0.1, 0.15) is 5.94 Å². The number of hydrogen-bond acceptors (Lipinski definition) is 5. The van der Waals surface area contributed by atoms with Crippen LogP contribution < -0.4 is 5.73 Å². The summed E-state index contributed by atoms with van der Waals surface area (Å²) in [6.45, 7) is 0.939. The molecule has 5 nitrogen and oxygen atoms in total. The molecule has 2 unspecified atom stereocenters. The Labute approximate surface area is 84.5 Å². The zero-order chi connectivity index (χ0) is 10.6. The normalized spacial score (nSPS) is 29.0. The van der Waals surface area contributed by atoms with Crippen LogP contribution in [0.3, 0.4) is 0 Å². The van der Waals surface area contributed by atoms with Gasteiger partial charge < -0.3 is 15.2 Å². The quantitative estimate of drug-likeness (QED) is 0.696. The van der Waals surface area contributed by atoms with Crippen molar-refractivity contribution in [1.29, 1.82) is 0 Å². The Morgan fingerprint density at radius 2 is 2.29 bits per heavy atom. The van der Waals surface area contributed by atoms with Crippen molar-refractivity contribution < 1.29 is 17.9 Å². The highest BCUT2D eigenvalue weighted by Gasteiger charge is 2.22. The van der Waals surface area contributed by atoms with Gasteiger partial charge in [0.25, 0.3) is 0 Å². The predicted octanol–water partition coefficient (Wildman–Crippen LogP) is -0.489. The minimum Gasteiger partial charge on any atom is -0.374 e. The largest absolute Gasteiger partial charge is 0.374 e. The molecule has 1 rings (SSSR count). The van der Waals surface area contributed by atoms with Crippen LogP contribution in [0.1, 0.15) is 12.8 Å². The van der Waals surface area contributed by atoms with Crippen LogP contribution in [-0.2, 0) is 19.3 Å². The number of hydrogen-bond donors (Lipinski definition) is 1. The van der Waals surface area contributed by atoms with Crippen molar-refractivity contribution in [2.24, 2.45) is 5.73 Å². The Kier molecular flexibility index (Phi) is 4.31. The molecule has 0 aromatic carbocycles. The van der Waals surface area contributed by atoms with Crippen molar-refractivity contribution in [3.05, 3.63) is 0 Å². The van der Waals surface area contributed by atoms with Gasteiger partial charge in [0, 0.05) is 18.9 Å². The SMILES string of the molecule is CS(=O)(=O)COCC1OCCCC1N. The van der Waals surface area contributed by atoms with E-state index in [-0.39, 0.29) is 24.7 Å². The van der Waals surface area contributed by atoms with Gasteiger partial charge in [0.2, 0.25) is 0 Å². The first kappa shape index (κ1) is 11.9. The smallest absolute Gasteiger partial charge is 0.171 e. The van der Waals surface area contributed by atoms with Crippen LogP contribution in [-0.4, -0.2) is 46.0 Å². The highest BCUT2D eigenvalue weighted by molar-refractivity contribution is 7.90. The number of nitrogens with two attached hydrogens (primary N) is 1. The topological polar surface area (TPSA) is 78.6 Å². The zero-order valence-electron chi connectivity index (χ0n) is 8.31.